The Morgan fingerprint density at radius 2 is 1.78 bits per heavy atom. The monoisotopic (exact) mass is 532 g/mol. The highest BCUT2D eigenvalue weighted by molar-refractivity contribution is 7.90. The Kier molecular flexibility index (Phi) is 6.82. The highest BCUT2D eigenvalue weighted by Crippen LogP contribution is 2.40. The molecule has 1 aromatic heterocycles. The van der Waals surface area contributed by atoms with Gasteiger partial charge in [-0.15, -0.1) is 0 Å². The van der Waals surface area contributed by atoms with Crippen molar-refractivity contribution in [3.63, 3.8) is 0 Å². The van der Waals surface area contributed by atoms with Gasteiger partial charge in [-0.2, -0.15) is 18.2 Å². The third-order valence-electron chi connectivity index (χ3n) is 7.12. The molecule has 2 aliphatic rings. The number of benzene rings is 1. The zero-order valence-electron chi connectivity index (χ0n) is 20.2. The molecule has 2 aromatic rings. The van der Waals surface area contributed by atoms with Crippen LogP contribution in [0, 0.1) is 11.7 Å². The van der Waals surface area contributed by atoms with E-state index in [9.17, 15) is 30.8 Å². The third kappa shape index (κ3) is 5.07. The predicted molar refractivity (Wildman–Crippen MR) is 122 cm³/mol. The maximum Gasteiger partial charge on any atom is 0.402 e. The smallest absolute Gasteiger partial charge is 0.339 e. The van der Waals surface area contributed by atoms with Crippen LogP contribution in [0.15, 0.2) is 27.6 Å². The van der Waals surface area contributed by atoms with Crippen LogP contribution in [0.3, 0.4) is 0 Å². The number of aromatic nitrogens is 2. The summed E-state index contributed by atoms with van der Waals surface area (Å²) in [5.41, 5.74) is -1.97. The number of amides is 1. The lowest BCUT2D eigenvalue weighted by atomic mass is 9.93. The summed E-state index contributed by atoms with van der Waals surface area (Å²) in [6.45, 7) is 3.40. The van der Waals surface area contributed by atoms with E-state index in [1.807, 2.05) is 0 Å². The van der Waals surface area contributed by atoms with Crippen molar-refractivity contribution in [2.24, 2.45) is 5.92 Å². The number of piperidine rings is 1. The van der Waals surface area contributed by atoms with Crippen molar-refractivity contribution < 1.29 is 35.3 Å². The first-order valence-corrected chi connectivity index (χ1v) is 13.5. The molecule has 8 nitrogen and oxygen atoms in total. The van der Waals surface area contributed by atoms with Gasteiger partial charge in [0.05, 0.1) is 4.90 Å². The number of sulfone groups is 1. The van der Waals surface area contributed by atoms with Gasteiger partial charge in [0.15, 0.2) is 9.84 Å². The van der Waals surface area contributed by atoms with Crippen molar-refractivity contribution in [3.8, 4) is 0 Å². The predicted octanol–water partition coefficient (Wildman–Crippen LogP) is 3.51. The molecule has 0 radical (unpaired) electrons. The van der Waals surface area contributed by atoms with Crippen LogP contribution in [-0.2, 0) is 26.5 Å². The number of carbonyl (C=O) groups is 1. The van der Waals surface area contributed by atoms with Crippen LogP contribution >= 0.6 is 0 Å². The van der Waals surface area contributed by atoms with Crippen molar-refractivity contribution in [2.45, 2.75) is 62.1 Å². The highest BCUT2D eigenvalue weighted by atomic mass is 32.2. The number of carbonyl (C=O) groups excluding carboxylic acids is 1. The average Bonchev–Trinajstić information content (AvgIpc) is 3.42. The fourth-order valence-corrected chi connectivity index (χ4v) is 5.23. The first-order valence-electron chi connectivity index (χ1n) is 11.6. The van der Waals surface area contributed by atoms with Gasteiger partial charge in [0.2, 0.25) is 11.8 Å². The molecule has 13 heteroatoms. The molecule has 2 saturated heterocycles. The summed E-state index contributed by atoms with van der Waals surface area (Å²) in [5.74, 6) is -1.52. The molecule has 3 heterocycles. The molecule has 2 aliphatic heterocycles. The highest BCUT2D eigenvalue weighted by Gasteiger charge is 2.53. The quantitative estimate of drug-likeness (QED) is 0.526. The largest absolute Gasteiger partial charge is 0.402 e. The zero-order valence-corrected chi connectivity index (χ0v) is 21.0. The van der Waals surface area contributed by atoms with Gasteiger partial charge >= 0.3 is 6.18 Å². The summed E-state index contributed by atoms with van der Waals surface area (Å²) in [5, 5.41) is 3.73. The van der Waals surface area contributed by atoms with Gasteiger partial charge in [0.1, 0.15) is 11.2 Å². The first kappa shape index (κ1) is 26.4. The molecule has 0 bridgehead atoms. The number of nitrogens with zero attached hydrogens (tertiary/aromatic N) is 4. The molecular weight excluding hydrogens is 504 g/mol. The number of anilines is 1. The lowest BCUT2D eigenvalue weighted by Gasteiger charge is -2.36. The summed E-state index contributed by atoms with van der Waals surface area (Å²) in [7, 11) is -3.52. The average molecular weight is 533 g/mol. The normalized spacial score (nSPS) is 20.4. The van der Waals surface area contributed by atoms with E-state index >= 15 is 0 Å². The van der Waals surface area contributed by atoms with Gasteiger partial charge in [-0.1, -0.05) is 6.07 Å². The van der Waals surface area contributed by atoms with E-state index in [4.69, 9.17) is 4.52 Å². The minimum Gasteiger partial charge on any atom is -0.339 e. The number of likely N-dealkylation sites (tertiary alicyclic amines) is 1. The standard InChI is InChI=1S/C23H28F4N4O4S/c1-22(2,23(25,26)27)20-28-21(29-35-20)30-9-7-16(8-10-30)31-11-6-15(19(31)32)12-14-4-5-17(13-18(14)24)36(3,33)34/h4-5,13,15-16H,6-12H2,1-3H3/t15-/m1/s1. The van der Waals surface area contributed by atoms with Crippen LogP contribution in [0.4, 0.5) is 23.5 Å². The van der Waals surface area contributed by atoms with Gasteiger partial charge < -0.3 is 14.3 Å². The molecular formula is C23H28F4N4O4S. The Hall–Kier alpha value is -2.70. The van der Waals surface area contributed by atoms with Gasteiger partial charge in [0.25, 0.3) is 5.95 Å². The molecule has 4 rings (SSSR count). The van der Waals surface area contributed by atoms with Crippen molar-refractivity contribution in [3.05, 3.63) is 35.5 Å². The van der Waals surface area contributed by atoms with Gasteiger partial charge in [0, 0.05) is 37.8 Å². The van der Waals surface area contributed by atoms with E-state index in [0.29, 0.717) is 44.5 Å². The number of rotatable bonds is 6. The summed E-state index contributed by atoms with van der Waals surface area (Å²) in [4.78, 5) is 20.5. The van der Waals surface area contributed by atoms with Crippen LogP contribution in [0.1, 0.15) is 44.6 Å². The molecule has 0 spiro atoms. The first-order chi connectivity index (χ1) is 16.7. The number of alkyl halides is 3. The topological polar surface area (TPSA) is 96.6 Å². The van der Waals surface area contributed by atoms with Crippen LogP contribution in [0.5, 0.6) is 0 Å². The summed E-state index contributed by atoms with van der Waals surface area (Å²) in [6, 6.07) is 3.70. The fraction of sp³-hybridized carbons (Fsp3) is 0.609. The van der Waals surface area contributed by atoms with Crippen LogP contribution < -0.4 is 4.90 Å². The van der Waals surface area contributed by atoms with Crippen molar-refractivity contribution in [1.82, 2.24) is 15.0 Å². The van der Waals surface area contributed by atoms with Crippen LogP contribution in [0.25, 0.3) is 0 Å². The minimum absolute atomic E-state index is 0.0470. The lowest BCUT2D eigenvalue weighted by Crippen LogP contribution is -2.46. The Bertz CT molecular complexity index is 1240. The van der Waals surface area contributed by atoms with Gasteiger partial charge in [-0.05, 0) is 62.4 Å². The van der Waals surface area contributed by atoms with E-state index < -0.39 is 39.1 Å². The second kappa shape index (κ2) is 9.31. The summed E-state index contributed by atoms with van der Waals surface area (Å²) >= 11 is 0. The number of hydrogen-bond acceptors (Lipinski definition) is 7. The molecule has 36 heavy (non-hydrogen) atoms. The van der Waals surface area contributed by atoms with Gasteiger partial charge in [-0.25, -0.2) is 12.8 Å². The fourth-order valence-electron chi connectivity index (χ4n) is 4.60. The molecule has 198 valence electrons. The minimum atomic E-state index is -4.53. The molecule has 0 N–H and O–H groups in total. The molecule has 0 unspecified atom stereocenters. The lowest BCUT2D eigenvalue weighted by molar-refractivity contribution is -0.186. The summed E-state index contributed by atoms with van der Waals surface area (Å²) < 4.78 is 82.4. The van der Waals surface area contributed by atoms with E-state index in [0.717, 1.165) is 26.2 Å². The maximum absolute atomic E-state index is 14.5. The Morgan fingerprint density at radius 3 is 2.36 bits per heavy atom. The SMILES string of the molecule is CC(C)(c1nc(N2CCC(N3CC[C@H](Cc4ccc(S(C)(=O)=O)cc4F)C3=O)CC2)no1)C(F)(F)F. The second-order valence-electron chi connectivity index (χ2n) is 9.99. The Balaban J connectivity index is 1.35. The molecule has 1 amide bonds. The van der Waals surface area contributed by atoms with E-state index in [1.54, 1.807) is 9.80 Å². The Morgan fingerprint density at radius 1 is 1.11 bits per heavy atom. The molecule has 0 saturated carbocycles. The van der Waals surface area contributed by atoms with E-state index in [2.05, 4.69) is 10.1 Å². The summed E-state index contributed by atoms with van der Waals surface area (Å²) in [6.07, 6.45) is -1.61. The molecule has 2 fully saturated rings. The maximum atomic E-state index is 14.5. The molecule has 1 aromatic carbocycles. The zero-order chi connectivity index (χ0) is 26.5. The van der Waals surface area contributed by atoms with Crippen molar-refractivity contribution in [1.29, 1.82) is 0 Å². The van der Waals surface area contributed by atoms with Crippen molar-refractivity contribution in [2.75, 3.05) is 30.8 Å². The van der Waals surface area contributed by atoms with Crippen LogP contribution in [-0.4, -0.2) is 67.5 Å². The molecule has 0 aliphatic carbocycles. The van der Waals surface area contributed by atoms with Crippen molar-refractivity contribution >= 4 is 21.7 Å². The van der Waals surface area contributed by atoms with Crippen LogP contribution in [0.2, 0.25) is 0 Å². The van der Waals surface area contributed by atoms with E-state index in [-0.39, 0.29) is 29.2 Å². The Labute approximate surface area is 206 Å². The third-order valence-corrected chi connectivity index (χ3v) is 8.23. The van der Waals surface area contributed by atoms with Gasteiger partial charge in [-0.3, -0.25) is 4.79 Å². The second-order valence-corrected chi connectivity index (χ2v) is 12.0. The molecule has 1 atom stereocenters. The van der Waals surface area contributed by atoms with E-state index in [1.165, 1.54) is 12.1 Å². The number of hydrogen-bond donors (Lipinski definition) is 0. The number of halogens is 4.